The van der Waals surface area contributed by atoms with E-state index in [4.69, 9.17) is 0 Å². The van der Waals surface area contributed by atoms with E-state index in [1.165, 1.54) is 39.0 Å². The summed E-state index contributed by atoms with van der Waals surface area (Å²) < 4.78 is 0. The number of likely N-dealkylation sites (N-methyl/N-ethyl adjacent to an activating group) is 1. The minimum Gasteiger partial charge on any atom is -0.314 e. The maximum atomic E-state index is 3.27. The molecule has 2 aliphatic rings. The first kappa shape index (κ1) is 11.0. The normalized spacial score (nSPS) is 25.4. The van der Waals surface area contributed by atoms with Gasteiger partial charge in [0.1, 0.15) is 0 Å². The van der Waals surface area contributed by atoms with Crippen molar-refractivity contribution < 1.29 is 0 Å². The summed E-state index contributed by atoms with van der Waals surface area (Å²) in [6.07, 6.45) is 2.83. The smallest absolute Gasteiger partial charge is 0.0104 e. The number of nitrogens with zero attached hydrogens (tertiary/aromatic N) is 2. The highest BCUT2D eigenvalue weighted by atomic mass is 15.2. The zero-order chi connectivity index (χ0) is 9.52. The fourth-order valence-electron chi connectivity index (χ4n) is 1.65. The quantitative estimate of drug-likeness (QED) is 0.583. The summed E-state index contributed by atoms with van der Waals surface area (Å²) in [4.78, 5) is 4.69. The van der Waals surface area contributed by atoms with E-state index in [0.29, 0.717) is 0 Å². The maximum Gasteiger partial charge on any atom is 0.0104 e. The summed E-state index contributed by atoms with van der Waals surface area (Å²) in [6.45, 7) is 7.38. The fourth-order valence-corrected chi connectivity index (χ4v) is 1.65. The molecule has 0 aromatic carbocycles. The molecule has 0 aromatic heterocycles. The van der Waals surface area contributed by atoms with Gasteiger partial charge in [0.15, 0.2) is 0 Å². The van der Waals surface area contributed by atoms with Crippen molar-refractivity contribution in [3.63, 3.8) is 0 Å². The van der Waals surface area contributed by atoms with Crippen LogP contribution in [-0.2, 0) is 0 Å². The zero-order valence-electron chi connectivity index (χ0n) is 9.05. The Labute approximate surface area is 82.1 Å². The SMILES string of the molecule is CN1CCCC1.CN1CCNCC1. The van der Waals surface area contributed by atoms with Crippen LogP contribution < -0.4 is 5.32 Å². The molecule has 3 heteroatoms. The average molecular weight is 185 g/mol. The maximum absolute atomic E-state index is 3.27. The Morgan fingerprint density at radius 2 is 1.23 bits per heavy atom. The lowest BCUT2D eigenvalue weighted by Gasteiger charge is -2.21. The van der Waals surface area contributed by atoms with Crippen LogP contribution in [-0.4, -0.2) is 63.2 Å². The standard InChI is InChI=1S/C5H12N2.C5H11N/c1-7-4-2-6-3-5-7;1-6-4-2-3-5-6/h6H,2-5H2,1H3;2-5H2,1H3. The van der Waals surface area contributed by atoms with Gasteiger partial charge in [-0.05, 0) is 40.0 Å². The van der Waals surface area contributed by atoms with Crippen LogP contribution in [0.5, 0.6) is 0 Å². The summed E-state index contributed by atoms with van der Waals surface area (Å²) >= 11 is 0. The molecule has 2 heterocycles. The van der Waals surface area contributed by atoms with Gasteiger partial charge in [0.05, 0.1) is 0 Å². The molecule has 0 unspecified atom stereocenters. The molecule has 0 amide bonds. The summed E-state index contributed by atoms with van der Waals surface area (Å²) in [5.41, 5.74) is 0. The number of likely N-dealkylation sites (tertiary alicyclic amines) is 1. The van der Waals surface area contributed by atoms with Crippen molar-refractivity contribution in [2.75, 3.05) is 53.4 Å². The van der Waals surface area contributed by atoms with Crippen LogP contribution in [0.15, 0.2) is 0 Å². The molecule has 0 spiro atoms. The molecule has 0 aliphatic carbocycles. The van der Waals surface area contributed by atoms with Crippen LogP contribution in [0.4, 0.5) is 0 Å². The molecule has 78 valence electrons. The molecular weight excluding hydrogens is 162 g/mol. The Morgan fingerprint density at radius 1 is 0.769 bits per heavy atom. The van der Waals surface area contributed by atoms with Crippen LogP contribution in [0.1, 0.15) is 12.8 Å². The van der Waals surface area contributed by atoms with Gasteiger partial charge in [-0.25, -0.2) is 0 Å². The summed E-state index contributed by atoms with van der Waals surface area (Å²) in [5.74, 6) is 0. The summed E-state index contributed by atoms with van der Waals surface area (Å²) in [7, 11) is 4.33. The van der Waals surface area contributed by atoms with Crippen LogP contribution in [0.3, 0.4) is 0 Å². The molecule has 2 rings (SSSR count). The van der Waals surface area contributed by atoms with Gasteiger partial charge < -0.3 is 15.1 Å². The number of hydrogen-bond acceptors (Lipinski definition) is 3. The van der Waals surface area contributed by atoms with Gasteiger partial charge >= 0.3 is 0 Å². The van der Waals surface area contributed by atoms with Gasteiger partial charge in [0, 0.05) is 26.2 Å². The lowest BCUT2D eigenvalue weighted by Crippen LogP contribution is -2.40. The third-order valence-corrected chi connectivity index (χ3v) is 2.67. The molecule has 2 aliphatic heterocycles. The third-order valence-electron chi connectivity index (χ3n) is 2.67. The molecule has 3 nitrogen and oxygen atoms in total. The van der Waals surface area contributed by atoms with Crippen molar-refractivity contribution >= 4 is 0 Å². The molecule has 0 atom stereocenters. The largest absolute Gasteiger partial charge is 0.314 e. The summed E-state index contributed by atoms with van der Waals surface area (Å²) in [6, 6.07) is 0. The first-order valence-electron chi connectivity index (χ1n) is 5.37. The van der Waals surface area contributed by atoms with Crippen molar-refractivity contribution in [1.82, 2.24) is 15.1 Å². The lowest BCUT2D eigenvalue weighted by molar-refractivity contribution is 0.291. The Morgan fingerprint density at radius 3 is 1.46 bits per heavy atom. The molecule has 0 saturated carbocycles. The first-order valence-corrected chi connectivity index (χ1v) is 5.37. The Kier molecular flexibility index (Phi) is 5.35. The molecule has 0 bridgehead atoms. The topological polar surface area (TPSA) is 18.5 Å². The number of hydrogen-bond donors (Lipinski definition) is 1. The summed E-state index contributed by atoms with van der Waals surface area (Å²) in [5, 5.41) is 3.27. The van der Waals surface area contributed by atoms with Gasteiger partial charge in [-0.1, -0.05) is 0 Å². The van der Waals surface area contributed by atoms with Crippen molar-refractivity contribution in [3.8, 4) is 0 Å². The van der Waals surface area contributed by atoms with Crippen molar-refractivity contribution in [1.29, 1.82) is 0 Å². The Bertz CT molecular complexity index is 115. The zero-order valence-corrected chi connectivity index (χ0v) is 9.05. The highest BCUT2D eigenvalue weighted by molar-refractivity contribution is 4.62. The van der Waals surface area contributed by atoms with E-state index >= 15 is 0 Å². The predicted molar refractivity (Wildman–Crippen MR) is 57.1 cm³/mol. The Balaban J connectivity index is 0.000000132. The molecule has 0 aromatic rings. The van der Waals surface area contributed by atoms with Crippen molar-refractivity contribution in [2.45, 2.75) is 12.8 Å². The van der Waals surface area contributed by atoms with Crippen LogP contribution >= 0.6 is 0 Å². The van der Waals surface area contributed by atoms with E-state index in [2.05, 4.69) is 29.2 Å². The molecule has 13 heavy (non-hydrogen) atoms. The number of piperazine rings is 1. The lowest BCUT2D eigenvalue weighted by atomic mass is 10.4. The van der Waals surface area contributed by atoms with Gasteiger partial charge in [0.25, 0.3) is 0 Å². The van der Waals surface area contributed by atoms with Crippen molar-refractivity contribution in [3.05, 3.63) is 0 Å². The first-order chi connectivity index (χ1) is 6.29. The van der Waals surface area contributed by atoms with Crippen LogP contribution in [0, 0.1) is 0 Å². The monoisotopic (exact) mass is 185 g/mol. The molecule has 2 saturated heterocycles. The molecule has 1 N–H and O–H groups in total. The van der Waals surface area contributed by atoms with E-state index in [1.54, 1.807) is 0 Å². The average Bonchev–Trinajstić information content (AvgIpc) is 2.58. The van der Waals surface area contributed by atoms with Crippen LogP contribution in [0.25, 0.3) is 0 Å². The van der Waals surface area contributed by atoms with Gasteiger partial charge in [-0.3, -0.25) is 0 Å². The second-order valence-electron chi connectivity index (χ2n) is 4.06. The highest BCUT2D eigenvalue weighted by Crippen LogP contribution is 2.02. The second-order valence-corrected chi connectivity index (χ2v) is 4.06. The van der Waals surface area contributed by atoms with E-state index in [0.717, 1.165) is 13.1 Å². The van der Waals surface area contributed by atoms with Crippen molar-refractivity contribution in [2.24, 2.45) is 0 Å². The Hall–Kier alpha value is -0.120. The minimum atomic E-state index is 1.16. The number of nitrogens with one attached hydrogen (secondary N) is 1. The predicted octanol–water partition coefficient (Wildman–Crippen LogP) is 0.233. The fraction of sp³-hybridized carbons (Fsp3) is 1.00. The second kappa shape index (κ2) is 6.35. The molecular formula is C10H23N3. The molecule has 0 radical (unpaired) electrons. The van der Waals surface area contributed by atoms with Gasteiger partial charge in [-0.15, -0.1) is 0 Å². The highest BCUT2D eigenvalue weighted by Gasteiger charge is 2.03. The van der Waals surface area contributed by atoms with Crippen LogP contribution in [0.2, 0.25) is 0 Å². The van der Waals surface area contributed by atoms with E-state index in [-0.39, 0.29) is 0 Å². The van der Waals surface area contributed by atoms with E-state index in [1.807, 2.05) is 0 Å². The third kappa shape index (κ3) is 5.24. The molecule has 2 fully saturated rings. The van der Waals surface area contributed by atoms with Gasteiger partial charge in [0.2, 0.25) is 0 Å². The minimum absolute atomic E-state index is 1.16. The van der Waals surface area contributed by atoms with E-state index in [9.17, 15) is 0 Å². The van der Waals surface area contributed by atoms with Gasteiger partial charge in [-0.2, -0.15) is 0 Å². The van der Waals surface area contributed by atoms with E-state index < -0.39 is 0 Å². The number of rotatable bonds is 0.